The highest BCUT2D eigenvalue weighted by Gasteiger charge is 2.14. The average molecular weight is 290 g/mol. The average Bonchev–Trinajstić information content (AvgIpc) is 2.78. The first-order valence-electron chi connectivity index (χ1n) is 6.02. The number of nitrogens with one attached hydrogen (secondary N) is 1. The zero-order chi connectivity index (χ0) is 14.7. The van der Waals surface area contributed by atoms with E-state index in [1.54, 1.807) is 19.1 Å². The van der Waals surface area contributed by atoms with E-state index in [1.807, 2.05) is 19.1 Å². The number of thiazole rings is 1. The molecule has 0 saturated heterocycles. The third-order valence-corrected chi connectivity index (χ3v) is 3.89. The number of carboxylic acid groups (broad SMARTS) is 1. The Morgan fingerprint density at radius 3 is 2.45 bits per heavy atom. The molecule has 1 heterocycles. The number of carbonyl (C=O) groups is 2. The van der Waals surface area contributed by atoms with Crippen LogP contribution in [0.2, 0.25) is 0 Å². The Balaban J connectivity index is 2.01. The Hall–Kier alpha value is -2.21. The van der Waals surface area contributed by atoms with Crippen LogP contribution >= 0.6 is 11.3 Å². The highest BCUT2D eigenvalue weighted by atomic mass is 32.1. The molecule has 1 aromatic heterocycles. The zero-order valence-electron chi connectivity index (χ0n) is 11.1. The highest BCUT2D eigenvalue weighted by molar-refractivity contribution is 7.13. The molecule has 0 fully saturated rings. The number of nitrogens with zero attached hydrogens (tertiary/aromatic N) is 1. The molecule has 0 spiro atoms. The van der Waals surface area contributed by atoms with Gasteiger partial charge in [-0.05, 0) is 26.0 Å². The van der Waals surface area contributed by atoms with E-state index in [0.717, 1.165) is 16.9 Å². The number of hydrogen-bond donors (Lipinski definition) is 2. The monoisotopic (exact) mass is 290 g/mol. The summed E-state index contributed by atoms with van der Waals surface area (Å²) in [5.41, 5.74) is 2.13. The van der Waals surface area contributed by atoms with Crippen molar-refractivity contribution in [3.8, 4) is 0 Å². The van der Waals surface area contributed by atoms with Gasteiger partial charge in [0.25, 0.3) is 5.91 Å². The Morgan fingerprint density at radius 2 is 1.90 bits per heavy atom. The molecule has 2 N–H and O–H groups in total. The van der Waals surface area contributed by atoms with Crippen molar-refractivity contribution in [1.82, 2.24) is 10.3 Å². The van der Waals surface area contributed by atoms with Gasteiger partial charge in [-0.25, -0.2) is 9.78 Å². The molecule has 0 bridgehead atoms. The molecule has 0 unspecified atom stereocenters. The number of hydrogen-bond acceptors (Lipinski definition) is 4. The number of aryl methyl sites for hydroxylation is 2. The number of aromatic carboxylic acids is 1. The second kappa shape index (κ2) is 5.83. The zero-order valence-corrected chi connectivity index (χ0v) is 12.0. The van der Waals surface area contributed by atoms with Crippen LogP contribution in [0.3, 0.4) is 0 Å². The second-order valence-corrected chi connectivity index (χ2v) is 5.46. The van der Waals surface area contributed by atoms with Crippen molar-refractivity contribution in [3.05, 3.63) is 51.0 Å². The van der Waals surface area contributed by atoms with Gasteiger partial charge in [-0.1, -0.05) is 17.7 Å². The minimum atomic E-state index is -0.990. The molecule has 6 heteroatoms. The Bertz CT molecular complexity index is 647. The minimum Gasteiger partial charge on any atom is -0.477 e. The number of rotatable bonds is 4. The maximum atomic E-state index is 11.9. The molecule has 20 heavy (non-hydrogen) atoms. The molecule has 2 aromatic rings. The van der Waals surface area contributed by atoms with Crippen LogP contribution in [0.25, 0.3) is 0 Å². The molecular weight excluding hydrogens is 276 g/mol. The fourth-order valence-electron chi connectivity index (χ4n) is 1.69. The predicted octanol–water partition coefficient (Wildman–Crippen LogP) is 2.39. The van der Waals surface area contributed by atoms with Crippen molar-refractivity contribution in [2.45, 2.75) is 20.4 Å². The summed E-state index contributed by atoms with van der Waals surface area (Å²) in [4.78, 5) is 27.2. The quantitative estimate of drug-likeness (QED) is 0.906. The molecule has 2 rings (SSSR count). The van der Waals surface area contributed by atoms with Gasteiger partial charge in [-0.3, -0.25) is 4.79 Å². The first-order chi connectivity index (χ1) is 9.47. The van der Waals surface area contributed by atoms with E-state index >= 15 is 0 Å². The van der Waals surface area contributed by atoms with Crippen LogP contribution in [0.1, 0.15) is 36.3 Å². The van der Waals surface area contributed by atoms with Crippen LogP contribution in [-0.4, -0.2) is 22.0 Å². The van der Waals surface area contributed by atoms with Crippen molar-refractivity contribution in [3.63, 3.8) is 0 Å². The van der Waals surface area contributed by atoms with Crippen molar-refractivity contribution < 1.29 is 14.7 Å². The number of aromatic nitrogens is 1. The number of benzene rings is 1. The van der Waals surface area contributed by atoms with Gasteiger partial charge in [0, 0.05) is 5.56 Å². The van der Waals surface area contributed by atoms with Crippen LogP contribution in [0.4, 0.5) is 0 Å². The van der Waals surface area contributed by atoms with Gasteiger partial charge in [0.2, 0.25) is 0 Å². The third-order valence-electron chi connectivity index (χ3n) is 2.75. The first-order valence-corrected chi connectivity index (χ1v) is 6.83. The molecule has 0 atom stereocenters. The third kappa shape index (κ3) is 3.21. The van der Waals surface area contributed by atoms with Crippen LogP contribution < -0.4 is 5.32 Å². The standard InChI is InChI=1S/C14H14N2O3S/c1-8-3-5-10(6-4-8)13(17)15-7-11-16-9(2)12(20-11)14(18)19/h3-6H,7H2,1-2H3,(H,15,17)(H,18,19). The second-order valence-electron chi connectivity index (χ2n) is 4.38. The maximum absolute atomic E-state index is 11.9. The van der Waals surface area contributed by atoms with Crippen molar-refractivity contribution in [2.75, 3.05) is 0 Å². The largest absolute Gasteiger partial charge is 0.477 e. The topological polar surface area (TPSA) is 79.3 Å². The first kappa shape index (κ1) is 14.2. The summed E-state index contributed by atoms with van der Waals surface area (Å²) in [7, 11) is 0. The van der Waals surface area contributed by atoms with E-state index in [0.29, 0.717) is 16.3 Å². The van der Waals surface area contributed by atoms with E-state index in [9.17, 15) is 9.59 Å². The molecule has 0 aliphatic carbocycles. The fourth-order valence-corrected chi connectivity index (χ4v) is 2.53. The minimum absolute atomic E-state index is 0.199. The summed E-state index contributed by atoms with van der Waals surface area (Å²) in [5.74, 6) is -1.19. The lowest BCUT2D eigenvalue weighted by Gasteiger charge is -2.03. The lowest BCUT2D eigenvalue weighted by Crippen LogP contribution is -2.22. The van der Waals surface area contributed by atoms with Gasteiger partial charge >= 0.3 is 5.97 Å². The summed E-state index contributed by atoms with van der Waals surface area (Å²) >= 11 is 1.08. The molecule has 1 amide bonds. The number of amides is 1. The number of carbonyl (C=O) groups excluding carboxylic acids is 1. The van der Waals surface area contributed by atoms with E-state index < -0.39 is 5.97 Å². The van der Waals surface area contributed by atoms with Gasteiger partial charge < -0.3 is 10.4 Å². The summed E-state index contributed by atoms with van der Waals surface area (Å²) < 4.78 is 0. The van der Waals surface area contributed by atoms with Crippen LogP contribution in [0.15, 0.2) is 24.3 Å². The summed E-state index contributed by atoms with van der Waals surface area (Å²) in [6.07, 6.45) is 0. The van der Waals surface area contributed by atoms with Gasteiger partial charge in [-0.15, -0.1) is 11.3 Å². The Kier molecular flexibility index (Phi) is 4.14. The fraction of sp³-hybridized carbons (Fsp3) is 0.214. The van der Waals surface area contributed by atoms with E-state index in [2.05, 4.69) is 10.3 Å². The van der Waals surface area contributed by atoms with E-state index in [1.165, 1.54) is 0 Å². The van der Waals surface area contributed by atoms with Gasteiger partial charge in [0.1, 0.15) is 9.88 Å². The number of carboxylic acids is 1. The van der Waals surface area contributed by atoms with E-state index in [-0.39, 0.29) is 17.3 Å². The van der Waals surface area contributed by atoms with Gasteiger partial charge in [-0.2, -0.15) is 0 Å². The van der Waals surface area contributed by atoms with E-state index in [4.69, 9.17) is 5.11 Å². The molecular formula is C14H14N2O3S. The highest BCUT2D eigenvalue weighted by Crippen LogP contribution is 2.17. The van der Waals surface area contributed by atoms with Crippen LogP contribution in [0, 0.1) is 13.8 Å². The van der Waals surface area contributed by atoms with Crippen molar-refractivity contribution >= 4 is 23.2 Å². The van der Waals surface area contributed by atoms with Crippen LogP contribution in [-0.2, 0) is 6.54 Å². The summed E-state index contributed by atoms with van der Waals surface area (Å²) in [5, 5.41) is 12.3. The molecule has 5 nitrogen and oxygen atoms in total. The summed E-state index contributed by atoms with van der Waals surface area (Å²) in [6, 6.07) is 7.23. The Morgan fingerprint density at radius 1 is 1.25 bits per heavy atom. The normalized spacial score (nSPS) is 10.3. The molecule has 1 aromatic carbocycles. The van der Waals surface area contributed by atoms with Crippen molar-refractivity contribution in [1.29, 1.82) is 0 Å². The molecule has 104 valence electrons. The smallest absolute Gasteiger partial charge is 0.347 e. The maximum Gasteiger partial charge on any atom is 0.347 e. The lowest BCUT2D eigenvalue weighted by molar-refractivity contribution is 0.0701. The molecule has 0 radical (unpaired) electrons. The van der Waals surface area contributed by atoms with Gasteiger partial charge in [0.05, 0.1) is 12.2 Å². The summed E-state index contributed by atoms with van der Waals surface area (Å²) in [6.45, 7) is 3.82. The lowest BCUT2D eigenvalue weighted by atomic mass is 10.1. The van der Waals surface area contributed by atoms with Crippen LogP contribution in [0.5, 0.6) is 0 Å². The molecule has 0 aliphatic heterocycles. The van der Waals surface area contributed by atoms with Gasteiger partial charge in [0.15, 0.2) is 0 Å². The van der Waals surface area contributed by atoms with Crippen molar-refractivity contribution in [2.24, 2.45) is 0 Å². The SMILES string of the molecule is Cc1ccc(C(=O)NCc2nc(C)c(C(=O)O)s2)cc1. The Labute approximate surface area is 120 Å². The predicted molar refractivity (Wildman–Crippen MR) is 76.2 cm³/mol. The molecule has 0 saturated carbocycles. The molecule has 0 aliphatic rings.